The summed E-state index contributed by atoms with van der Waals surface area (Å²) in [4.78, 5) is 12.7. The second-order valence-electron chi connectivity index (χ2n) is 6.27. The normalized spacial score (nSPS) is 18.3. The lowest BCUT2D eigenvalue weighted by molar-refractivity contribution is -0.116. The van der Waals surface area contributed by atoms with Gasteiger partial charge in [0.2, 0.25) is 15.9 Å². The molecule has 27 heavy (non-hydrogen) atoms. The molecule has 0 spiro atoms. The van der Waals surface area contributed by atoms with Gasteiger partial charge in [-0.15, -0.1) is 0 Å². The van der Waals surface area contributed by atoms with Gasteiger partial charge in [-0.05, 0) is 35.4 Å². The minimum atomic E-state index is -3.77. The predicted octanol–water partition coefficient (Wildman–Crippen LogP) is 2.43. The molecule has 4 N–H and O–H groups in total. The van der Waals surface area contributed by atoms with E-state index in [0.717, 1.165) is 22.5 Å². The van der Waals surface area contributed by atoms with Crippen LogP contribution in [-0.4, -0.2) is 14.3 Å². The Bertz CT molecular complexity index is 1110. The number of carbonyl (C=O) groups is 1. The first kappa shape index (κ1) is 17.3. The van der Waals surface area contributed by atoms with Gasteiger partial charge >= 0.3 is 0 Å². The van der Waals surface area contributed by atoms with Crippen LogP contribution in [0.5, 0.6) is 0 Å². The van der Waals surface area contributed by atoms with Gasteiger partial charge in [-0.25, -0.2) is 13.6 Å². The molecule has 0 aliphatic carbocycles. The Kier molecular flexibility index (Phi) is 4.18. The van der Waals surface area contributed by atoms with Crippen LogP contribution < -0.4 is 15.8 Å². The van der Waals surface area contributed by atoms with Crippen molar-refractivity contribution in [1.82, 2.24) is 5.32 Å². The maximum atomic E-state index is 12.7. The Morgan fingerprint density at radius 1 is 0.963 bits per heavy atom. The summed E-state index contributed by atoms with van der Waals surface area (Å²) in [6.45, 7) is 0. The molecule has 0 fully saturated rings. The largest absolute Gasteiger partial charge is 0.361 e. The number of benzene rings is 2. The first-order valence-electron chi connectivity index (χ1n) is 8.32. The number of nitrogens with two attached hydrogens (primary N) is 1. The Hall–Kier alpha value is -3.16. The molecule has 0 saturated heterocycles. The molecule has 2 aromatic rings. The van der Waals surface area contributed by atoms with Gasteiger partial charge < -0.3 is 10.6 Å². The molecule has 0 radical (unpaired) electrons. The van der Waals surface area contributed by atoms with Crippen molar-refractivity contribution >= 4 is 27.3 Å². The lowest BCUT2D eigenvalue weighted by Gasteiger charge is -2.13. The quantitative estimate of drug-likeness (QED) is 0.762. The summed E-state index contributed by atoms with van der Waals surface area (Å²) in [7, 11) is -3.77. The van der Waals surface area contributed by atoms with E-state index in [0.29, 0.717) is 5.56 Å². The van der Waals surface area contributed by atoms with Gasteiger partial charge in [0.05, 0.1) is 16.5 Å². The van der Waals surface area contributed by atoms with E-state index in [1.54, 1.807) is 12.1 Å². The fraction of sp³-hybridized carbons (Fsp3) is 0.0500. The Morgan fingerprint density at radius 3 is 2.48 bits per heavy atom. The van der Waals surface area contributed by atoms with Crippen LogP contribution in [0.1, 0.15) is 22.6 Å². The molecule has 2 heterocycles. The fourth-order valence-electron chi connectivity index (χ4n) is 3.32. The van der Waals surface area contributed by atoms with Crippen LogP contribution in [0.3, 0.4) is 0 Å². The molecular weight excluding hydrogens is 362 g/mol. The van der Waals surface area contributed by atoms with Crippen LogP contribution >= 0.6 is 0 Å². The van der Waals surface area contributed by atoms with Crippen molar-refractivity contribution in [2.45, 2.75) is 10.8 Å². The number of rotatable bonds is 3. The van der Waals surface area contributed by atoms with Gasteiger partial charge in [0, 0.05) is 17.5 Å². The Labute approximate surface area is 157 Å². The van der Waals surface area contributed by atoms with Gasteiger partial charge in [0.25, 0.3) is 0 Å². The zero-order valence-corrected chi connectivity index (χ0v) is 15.0. The molecule has 2 aromatic carbocycles. The maximum absolute atomic E-state index is 12.7. The average Bonchev–Trinajstić information content (AvgIpc) is 2.81. The molecule has 2 aliphatic heterocycles. The highest BCUT2D eigenvalue weighted by atomic mass is 32.2. The highest BCUT2D eigenvalue weighted by molar-refractivity contribution is 7.89. The zero-order chi connectivity index (χ0) is 19.0. The Balaban J connectivity index is 1.76. The first-order valence-corrected chi connectivity index (χ1v) is 9.87. The first-order chi connectivity index (χ1) is 12.9. The van der Waals surface area contributed by atoms with Crippen LogP contribution in [0, 0.1) is 0 Å². The van der Waals surface area contributed by atoms with Crippen molar-refractivity contribution < 1.29 is 13.2 Å². The number of allylic oxidation sites excluding steroid dienone is 4. The number of nitrogens with one attached hydrogen (secondary N) is 2. The maximum Gasteiger partial charge on any atom is 0.238 e. The van der Waals surface area contributed by atoms with Crippen molar-refractivity contribution in [3.05, 3.63) is 89.7 Å². The third-order valence-electron chi connectivity index (χ3n) is 4.57. The zero-order valence-electron chi connectivity index (χ0n) is 14.2. The number of anilines is 1. The monoisotopic (exact) mass is 379 g/mol. The third-order valence-corrected chi connectivity index (χ3v) is 5.50. The summed E-state index contributed by atoms with van der Waals surface area (Å²) in [6.07, 6.45) is 9.50. The number of fused-ring (bicyclic) bond motifs is 1. The lowest BCUT2D eigenvalue weighted by Crippen LogP contribution is -2.15. The number of para-hydroxylation sites is 1. The van der Waals surface area contributed by atoms with E-state index in [4.69, 9.17) is 5.14 Å². The predicted molar refractivity (Wildman–Crippen MR) is 104 cm³/mol. The van der Waals surface area contributed by atoms with Gasteiger partial charge in [-0.2, -0.15) is 0 Å². The summed E-state index contributed by atoms with van der Waals surface area (Å²) in [5, 5.41) is 11.3. The van der Waals surface area contributed by atoms with Gasteiger partial charge in [-0.3, -0.25) is 4.79 Å². The van der Waals surface area contributed by atoms with E-state index in [1.165, 1.54) is 12.1 Å². The van der Waals surface area contributed by atoms with Crippen LogP contribution in [0.2, 0.25) is 0 Å². The number of primary sulfonamides is 1. The standard InChI is InChI=1S/C20H17N3O3S/c21-27(25,26)14-10-8-13(9-11-14)18-16-6-4-5-15(19(16)23-20(18)24)17-7-2-1-3-12-22-17/h1-12,18,22H,(H,23,24)(H2,21,25,26). The fourth-order valence-corrected chi connectivity index (χ4v) is 3.83. The molecule has 4 rings (SSSR count). The molecule has 2 aliphatic rings. The second kappa shape index (κ2) is 6.53. The summed E-state index contributed by atoms with van der Waals surface area (Å²) < 4.78 is 22.9. The minimum absolute atomic E-state index is 0.0185. The topological polar surface area (TPSA) is 101 Å². The molecular formula is C20H17N3O3S. The highest BCUT2D eigenvalue weighted by Gasteiger charge is 2.34. The van der Waals surface area contributed by atoms with E-state index >= 15 is 0 Å². The molecule has 0 saturated carbocycles. The molecule has 136 valence electrons. The minimum Gasteiger partial charge on any atom is -0.361 e. The van der Waals surface area contributed by atoms with Crippen LogP contribution in [-0.2, 0) is 14.8 Å². The molecule has 0 aromatic heterocycles. The summed E-state index contributed by atoms with van der Waals surface area (Å²) in [6, 6.07) is 11.8. The highest BCUT2D eigenvalue weighted by Crippen LogP contribution is 2.41. The summed E-state index contributed by atoms with van der Waals surface area (Å²) in [5.74, 6) is -0.659. The van der Waals surface area contributed by atoms with E-state index in [-0.39, 0.29) is 10.8 Å². The smallest absolute Gasteiger partial charge is 0.238 e. The van der Waals surface area contributed by atoms with Gasteiger partial charge in [-0.1, -0.05) is 42.5 Å². The summed E-state index contributed by atoms with van der Waals surface area (Å²) in [5.41, 5.74) is 4.08. The van der Waals surface area contributed by atoms with Crippen molar-refractivity contribution in [2.24, 2.45) is 5.14 Å². The van der Waals surface area contributed by atoms with Crippen LogP contribution in [0.15, 0.2) is 77.9 Å². The number of sulfonamides is 1. The van der Waals surface area contributed by atoms with Crippen LogP contribution in [0.25, 0.3) is 5.70 Å². The van der Waals surface area contributed by atoms with Gasteiger partial charge in [0.1, 0.15) is 0 Å². The number of hydrogen-bond acceptors (Lipinski definition) is 4. The van der Waals surface area contributed by atoms with Crippen molar-refractivity contribution in [1.29, 1.82) is 0 Å². The second-order valence-corrected chi connectivity index (χ2v) is 7.84. The number of amides is 1. The summed E-state index contributed by atoms with van der Waals surface area (Å²) >= 11 is 0. The Morgan fingerprint density at radius 2 is 1.74 bits per heavy atom. The molecule has 0 bridgehead atoms. The third kappa shape index (κ3) is 3.18. The molecule has 6 nitrogen and oxygen atoms in total. The SMILES string of the molecule is NS(=O)(=O)c1ccc(C2C(=O)Nc3c(C4=CC=CC=CN4)cccc32)cc1. The van der Waals surface area contributed by atoms with E-state index < -0.39 is 15.9 Å². The number of carbonyl (C=O) groups excluding carboxylic acids is 1. The van der Waals surface area contributed by atoms with E-state index in [2.05, 4.69) is 10.6 Å². The van der Waals surface area contributed by atoms with Crippen molar-refractivity contribution in [3.8, 4) is 0 Å². The molecule has 1 amide bonds. The number of hydrogen-bond donors (Lipinski definition) is 3. The van der Waals surface area contributed by atoms with Crippen molar-refractivity contribution in [3.63, 3.8) is 0 Å². The molecule has 1 unspecified atom stereocenters. The molecule has 7 heteroatoms. The average molecular weight is 379 g/mol. The van der Waals surface area contributed by atoms with Crippen LogP contribution in [0.4, 0.5) is 5.69 Å². The molecule has 1 atom stereocenters. The van der Waals surface area contributed by atoms with E-state index in [1.807, 2.05) is 48.7 Å². The van der Waals surface area contributed by atoms with Crippen molar-refractivity contribution in [2.75, 3.05) is 5.32 Å². The van der Waals surface area contributed by atoms with E-state index in [9.17, 15) is 13.2 Å². The lowest BCUT2D eigenvalue weighted by atomic mass is 9.91. The van der Waals surface area contributed by atoms with Gasteiger partial charge in [0.15, 0.2) is 0 Å².